The van der Waals surface area contributed by atoms with Gasteiger partial charge in [-0.1, -0.05) is 18.2 Å². The Morgan fingerprint density at radius 2 is 2.16 bits per heavy atom. The lowest BCUT2D eigenvalue weighted by molar-refractivity contribution is -0.117. The number of nitrogens with one attached hydrogen (secondary N) is 1. The minimum absolute atomic E-state index is 0.0292. The van der Waals surface area contributed by atoms with Crippen molar-refractivity contribution in [2.75, 3.05) is 11.1 Å². The molecule has 3 nitrogen and oxygen atoms in total. The number of anilines is 1. The predicted molar refractivity (Wildman–Crippen MR) is 80.5 cm³/mol. The van der Waals surface area contributed by atoms with E-state index in [0.717, 1.165) is 21.6 Å². The normalized spacial score (nSPS) is 17.0. The van der Waals surface area contributed by atoms with Crippen LogP contribution in [0.4, 0.5) is 5.69 Å². The summed E-state index contributed by atoms with van der Waals surface area (Å²) in [6, 6.07) is 11.7. The van der Waals surface area contributed by atoms with Gasteiger partial charge in [0.1, 0.15) is 4.60 Å². The van der Waals surface area contributed by atoms with Gasteiger partial charge >= 0.3 is 0 Å². The topological polar surface area (TPSA) is 42.0 Å². The molecule has 0 spiro atoms. The number of rotatable bonds is 2. The van der Waals surface area contributed by atoms with Crippen molar-refractivity contribution in [2.45, 2.75) is 10.8 Å². The van der Waals surface area contributed by atoms with Crippen molar-refractivity contribution in [3.63, 3.8) is 0 Å². The van der Waals surface area contributed by atoms with E-state index in [2.05, 4.69) is 32.3 Å². The lowest BCUT2D eigenvalue weighted by atomic mass is 10.0. The Hall–Kier alpha value is -1.33. The Morgan fingerprint density at radius 3 is 2.95 bits per heavy atom. The van der Waals surface area contributed by atoms with Crippen molar-refractivity contribution < 1.29 is 4.79 Å². The molecule has 0 saturated heterocycles. The molecule has 96 valence electrons. The Bertz CT molecular complexity index is 615. The lowest BCUT2D eigenvalue weighted by Crippen LogP contribution is -2.21. The molecule has 1 amide bonds. The zero-order chi connectivity index (χ0) is 13.2. The summed E-state index contributed by atoms with van der Waals surface area (Å²) in [4.78, 5) is 17.6. The number of fused-ring (bicyclic) bond motifs is 1. The molecule has 2 heterocycles. The fourth-order valence-corrected chi connectivity index (χ4v) is 3.52. The Kier molecular flexibility index (Phi) is 3.57. The van der Waals surface area contributed by atoms with Gasteiger partial charge in [-0.3, -0.25) is 4.79 Å². The average molecular weight is 335 g/mol. The van der Waals surface area contributed by atoms with Gasteiger partial charge in [0.2, 0.25) is 5.91 Å². The van der Waals surface area contributed by atoms with Gasteiger partial charge < -0.3 is 5.32 Å². The minimum atomic E-state index is -0.0788. The van der Waals surface area contributed by atoms with Crippen LogP contribution in [0.2, 0.25) is 0 Å². The molecule has 2 aromatic rings. The molecule has 1 aliphatic rings. The van der Waals surface area contributed by atoms with Crippen molar-refractivity contribution >= 4 is 39.3 Å². The molecule has 1 N–H and O–H groups in total. The monoisotopic (exact) mass is 334 g/mol. The average Bonchev–Trinajstić information content (AvgIpc) is 2.85. The highest BCUT2D eigenvalue weighted by Gasteiger charge is 2.28. The SMILES string of the molecule is O=C(Nc1ccc(Br)nc1)C1CSc2ccccc21. The summed E-state index contributed by atoms with van der Waals surface area (Å²) >= 11 is 5.01. The van der Waals surface area contributed by atoms with E-state index in [0.29, 0.717) is 0 Å². The van der Waals surface area contributed by atoms with Gasteiger partial charge in [0, 0.05) is 10.6 Å². The molecule has 0 fully saturated rings. The number of thioether (sulfide) groups is 1. The van der Waals surface area contributed by atoms with Gasteiger partial charge in [0.25, 0.3) is 0 Å². The number of nitrogens with zero attached hydrogens (tertiary/aromatic N) is 1. The van der Waals surface area contributed by atoms with Crippen LogP contribution in [0.1, 0.15) is 11.5 Å². The van der Waals surface area contributed by atoms with E-state index in [1.54, 1.807) is 18.0 Å². The van der Waals surface area contributed by atoms with Gasteiger partial charge in [0.05, 0.1) is 17.8 Å². The smallest absolute Gasteiger partial charge is 0.232 e. The maximum Gasteiger partial charge on any atom is 0.232 e. The van der Waals surface area contributed by atoms with E-state index in [1.165, 1.54) is 4.90 Å². The number of halogens is 1. The van der Waals surface area contributed by atoms with Crippen LogP contribution in [0.5, 0.6) is 0 Å². The number of hydrogen-bond donors (Lipinski definition) is 1. The molecular weight excluding hydrogens is 324 g/mol. The third-order valence-corrected chi connectivity index (χ3v) is 4.66. The number of pyridine rings is 1. The van der Waals surface area contributed by atoms with Gasteiger partial charge in [-0.15, -0.1) is 11.8 Å². The maximum atomic E-state index is 12.3. The zero-order valence-corrected chi connectivity index (χ0v) is 12.4. The first-order chi connectivity index (χ1) is 9.24. The second kappa shape index (κ2) is 5.35. The highest BCUT2D eigenvalue weighted by molar-refractivity contribution is 9.10. The van der Waals surface area contributed by atoms with Crippen molar-refractivity contribution in [3.8, 4) is 0 Å². The molecule has 1 aromatic carbocycles. The highest BCUT2D eigenvalue weighted by atomic mass is 79.9. The molecule has 5 heteroatoms. The molecule has 1 atom stereocenters. The fraction of sp³-hybridized carbons (Fsp3) is 0.143. The molecule has 3 rings (SSSR count). The first kappa shape index (κ1) is 12.7. The van der Waals surface area contributed by atoms with E-state index in [4.69, 9.17) is 0 Å². The molecule has 0 bridgehead atoms. The first-order valence-electron chi connectivity index (χ1n) is 5.88. The number of aromatic nitrogens is 1. The van der Waals surface area contributed by atoms with Crippen molar-refractivity contribution in [2.24, 2.45) is 0 Å². The molecule has 0 radical (unpaired) electrons. The summed E-state index contributed by atoms with van der Waals surface area (Å²) in [5, 5.41) is 2.92. The van der Waals surface area contributed by atoms with E-state index in [-0.39, 0.29) is 11.8 Å². The third kappa shape index (κ3) is 2.67. The van der Waals surface area contributed by atoms with Crippen LogP contribution in [0.15, 0.2) is 52.1 Å². The molecule has 1 aliphatic heterocycles. The largest absolute Gasteiger partial charge is 0.324 e. The minimum Gasteiger partial charge on any atom is -0.324 e. The number of benzene rings is 1. The van der Waals surface area contributed by atoms with E-state index >= 15 is 0 Å². The lowest BCUT2D eigenvalue weighted by Gasteiger charge is -2.11. The molecule has 19 heavy (non-hydrogen) atoms. The molecule has 0 aliphatic carbocycles. The van der Waals surface area contributed by atoms with Crippen molar-refractivity contribution in [1.29, 1.82) is 0 Å². The Balaban J connectivity index is 1.77. The molecule has 1 aromatic heterocycles. The second-order valence-corrected chi connectivity index (χ2v) is 6.13. The highest BCUT2D eigenvalue weighted by Crippen LogP contribution is 2.39. The van der Waals surface area contributed by atoms with Crippen molar-refractivity contribution in [3.05, 3.63) is 52.8 Å². The number of amides is 1. The van der Waals surface area contributed by atoms with Crippen LogP contribution in [0.25, 0.3) is 0 Å². The van der Waals surface area contributed by atoms with Gasteiger partial charge in [0.15, 0.2) is 0 Å². The van der Waals surface area contributed by atoms with Crippen LogP contribution in [0, 0.1) is 0 Å². The summed E-state index contributed by atoms with van der Waals surface area (Å²) < 4.78 is 0.757. The number of carbonyl (C=O) groups is 1. The summed E-state index contributed by atoms with van der Waals surface area (Å²) in [6.45, 7) is 0. The van der Waals surface area contributed by atoms with Gasteiger partial charge in [-0.25, -0.2) is 4.98 Å². The predicted octanol–water partition coefficient (Wildman–Crippen LogP) is 3.67. The summed E-state index contributed by atoms with van der Waals surface area (Å²) in [6.07, 6.45) is 1.65. The van der Waals surface area contributed by atoms with Crippen LogP contribution in [-0.4, -0.2) is 16.6 Å². The zero-order valence-electron chi connectivity index (χ0n) is 9.97. The van der Waals surface area contributed by atoms with Crippen LogP contribution in [0.3, 0.4) is 0 Å². The van der Waals surface area contributed by atoms with E-state index < -0.39 is 0 Å². The molecule has 0 saturated carbocycles. The quantitative estimate of drug-likeness (QED) is 0.852. The van der Waals surface area contributed by atoms with Gasteiger partial charge in [-0.05, 0) is 39.7 Å². The molecular formula is C14H11BrN2OS. The second-order valence-electron chi connectivity index (χ2n) is 4.26. The number of hydrogen-bond acceptors (Lipinski definition) is 3. The van der Waals surface area contributed by atoms with E-state index in [9.17, 15) is 4.79 Å². The first-order valence-corrected chi connectivity index (χ1v) is 7.66. The summed E-state index contributed by atoms with van der Waals surface area (Å²) in [7, 11) is 0. The summed E-state index contributed by atoms with van der Waals surface area (Å²) in [5.41, 5.74) is 1.85. The van der Waals surface area contributed by atoms with E-state index in [1.807, 2.05) is 30.3 Å². The molecule has 1 unspecified atom stereocenters. The van der Waals surface area contributed by atoms with Crippen LogP contribution >= 0.6 is 27.7 Å². The Labute approximate surface area is 123 Å². The maximum absolute atomic E-state index is 12.3. The fourth-order valence-electron chi connectivity index (χ4n) is 2.06. The van der Waals surface area contributed by atoms with Crippen LogP contribution < -0.4 is 5.32 Å². The number of carbonyl (C=O) groups excluding carboxylic acids is 1. The van der Waals surface area contributed by atoms with Crippen molar-refractivity contribution in [1.82, 2.24) is 4.98 Å². The standard InChI is InChI=1S/C14H11BrN2OS/c15-13-6-5-9(7-16-13)17-14(18)11-8-19-12-4-2-1-3-10(11)12/h1-7,11H,8H2,(H,17,18). The van der Waals surface area contributed by atoms with Crippen LogP contribution in [-0.2, 0) is 4.79 Å². The Morgan fingerprint density at radius 1 is 1.32 bits per heavy atom. The van der Waals surface area contributed by atoms with Gasteiger partial charge in [-0.2, -0.15) is 0 Å². The third-order valence-electron chi connectivity index (χ3n) is 3.01. The summed E-state index contributed by atoms with van der Waals surface area (Å²) in [5.74, 6) is 0.751.